The highest BCUT2D eigenvalue weighted by atomic mass is 16.5. The van der Waals surface area contributed by atoms with Crippen LogP contribution < -0.4 is 14.8 Å². The molecule has 0 radical (unpaired) electrons. The number of nitrogens with zero attached hydrogens (tertiary/aromatic N) is 6. The van der Waals surface area contributed by atoms with Gasteiger partial charge < -0.3 is 14.8 Å². The molecule has 10 nitrogen and oxygen atoms in total. The molecule has 4 heterocycles. The number of fused-ring (bicyclic) bond motifs is 2. The van der Waals surface area contributed by atoms with Crippen LogP contribution >= 0.6 is 0 Å². The van der Waals surface area contributed by atoms with Gasteiger partial charge in [-0.05, 0) is 25.1 Å². The molecule has 30 heavy (non-hydrogen) atoms. The van der Waals surface area contributed by atoms with Gasteiger partial charge >= 0.3 is 0 Å². The second kappa shape index (κ2) is 6.83. The molecule has 10 heteroatoms. The summed E-state index contributed by atoms with van der Waals surface area (Å²) in [5.41, 5.74) is 3.27. The SMILES string of the molecule is COc1ccc([C@@H]2CC(=O)Nc3c2c(C)nn3-c2ccc3nncn3n2)c(OC)c1. The largest absolute Gasteiger partial charge is 0.497 e. The number of aromatic nitrogens is 6. The van der Waals surface area contributed by atoms with Gasteiger partial charge in [-0.2, -0.15) is 14.3 Å². The fourth-order valence-corrected chi connectivity index (χ4v) is 3.92. The highest BCUT2D eigenvalue weighted by Crippen LogP contribution is 2.43. The number of rotatable bonds is 4. The van der Waals surface area contributed by atoms with Crippen LogP contribution in [0.15, 0.2) is 36.7 Å². The van der Waals surface area contributed by atoms with Crippen LogP contribution in [0.4, 0.5) is 5.82 Å². The lowest BCUT2D eigenvalue weighted by molar-refractivity contribution is -0.116. The van der Waals surface area contributed by atoms with E-state index in [0.29, 0.717) is 35.2 Å². The van der Waals surface area contributed by atoms with Crippen LogP contribution in [-0.2, 0) is 4.79 Å². The molecule has 0 saturated carbocycles. The van der Waals surface area contributed by atoms with Crippen LogP contribution in [0.25, 0.3) is 11.5 Å². The van der Waals surface area contributed by atoms with E-state index in [2.05, 4.69) is 25.7 Å². The number of hydrogen-bond donors (Lipinski definition) is 1. The van der Waals surface area contributed by atoms with Crippen LogP contribution in [0.5, 0.6) is 11.5 Å². The van der Waals surface area contributed by atoms with Gasteiger partial charge in [0.05, 0.1) is 19.9 Å². The Labute approximate surface area is 171 Å². The Kier molecular flexibility index (Phi) is 4.12. The molecule has 1 amide bonds. The molecule has 0 fully saturated rings. The maximum absolute atomic E-state index is 12.6. The molecule has 1 N–H and O–H groups in total. The van der Waals surface area contributed by atoms with Gasteiger partial charge in [0.15, 0.2) is 11.5 Å². The van der Waals surface area contributed by atoms with Crippen molar-refractivity contribution >= 4 is 17.4 Å². The van der Waals surface area contributed by atoms with E-state index in [9.17, 15) is 4.79 Å². The standard InChI is InChI=1S/C20H19N7O3/c1-11-19-14(13-5-4-12(29-2)8-15(13)30-3)9-18(28)22-20(19)27(24-11)17-7-6-16-23-21-10-26(16)25-17/h4-8,10,14H,9H2,1-3H3,(H,22,28)/t14-/m0/s1. The molecular weight excluding hydrogens is 386 g/mol. The minimum atomic E-state index is -0.206. The summed E-state index contributed by atoms with van der Waals surface area (Å²) in [6.45, 7) is 1.92. The van der Waals surface area contributed by atoms with Crippen molar-refractivity contribution in [3.05, 3.63) is 53.5 Å². The molecule has 5 rings (SSSR count). The van der Waals surface area contributed by atoms with E-state index < -0.39 is 0 Å². The Bertz CT molecular complexity index is 1280. The van der Waals surface area contributed by atoms with Crippen molar-refractivity contribution in [2.24, 2.45) is 0 Å². The zero-order chi connectivity index (χ0) is 20.8. The van der Waals surface area contributed by atoms with Crippen LogP contribution in [0, 0.1) is 6.92 Å². The molecule has 0 aliphatic carbocycles. The van der Waals surface area contributed by atoms with E-state index in [1.807, 2.05) is 25.1 Å². The first kappa shape index (κ1) is 18.1. The smallest absolute Gasteiger partial charge is 0.226 e. The van der Waals surface area contributed by atoms with Gasteiger partial charge in [-0.25, -0.2) is 0 Å². The van der Waals surface area contributed by atoms with Crippen molar-refractivity contribution in [3.8, 4) is 17.3 Å². The summed E-state index contributed by atoms with van der Waals surface area (Å²) in [5, 5.41) is 20.0. The van der Waals surface area contributed by atoms with Gasteiger partial charge in [0, 0.05) is 29.5 Å². The molecule has 1 aliphatic heterocycles. The lowest BCUT2D eigenvalue weighted by Gasteiger charge is -2.25. The van der Waals surface area contributed by atoms with Crippen molar-refractivity contribution < 1.29 is 14.3 Å². The van der Waals surface area contributed by atoms with Gasteiger partial charge in [0.1, 0.15) is 23.6 Å². The second-order valence-corrected chi connectivity index (χ2v) is 7.00. The second-order valence-electron chi connectivity index (χ2n) is 7.00. The van der Waals surface area contributed by atoms with Crippen LogP contribution in [0.2, 0.25) is 0 Å². The van der Waals surface area contributed by atoms with Crippen molar-refractivity contribution in [2.45, 2.75) is 19.3 Å². The van der Waals surface area contributed by atoms with Crippen LogP contribution in [-0.4, -0.2) is 49.7 Å². The quantitative estimate of drug-likeness (QED) is 0.554. The first-order chi connectivity index (χ1) is 14.6. The van der Waals surface area contributed by atoms with Gasteiger partial charge in [0.2, 0.25) is 5.91 Å². The van der Waals surface area contributed by atoms with E-state index in [1.54, 1.807) is 35.5 Å². The van der Waals surface area contributed by atoms with Crippen LogP contribution in [0.3, 0.4) is 0 Å². The molecule has 0 unspecified atom stereocenters. The summed E-state index contributed by atoms with van der Waals surface area (Å²) >= 11 is 0. The van der Waals surface area contributed by atoms with Gasteiger partial charge in [-0.15, -0.1) is 15.3 Å². The number of methoxy groups -OCH3 is 2. The summed E-state index contributed by atoms with van der Waals surface area (Å²) < 4.78 is 14.1. The summed E-state index contributed by atoms with van der Waals surface area (Å²) in [4.78, 5) is 12.6. The Balaban J connectivity index is 1.67. The number of hydrogen-bond acceptors (Lipinski definition) is 7. The van der Waals surface area contributed by atoms with Crippen molar-refractivity contribution in [2.75, 3.05) is 19.5 Å². The minimum Gasteiger partial charge on any atom is -0.497 e. The van der Waals surface area contributed by atoms with E-state index in [1.165, 1.54) is 6.33 Å². The van der Waals surface area contributed by atoms with E-state index in [-0.39, 0.29) is 11.8 Å². The fourth-order valence-electron chi connectivity index (χ4n) is 3.92. The summed E-state index contributed by atoms with van der Waals surface area (Å²) in [6.07, 6.45) is 1.81. The maximum Gasteiger partial charge on any atom is 0.226 e. The third-order valence-electron chi connectivity index (χ3n) is 5.28. The molecule has 0 spiro atoms. The number of benzene rings is 1. The summed E-state index contributed by atoms with van der Waals surface area (Å²) in [6, 6.07) is 9.21. The lowest BCUT2D eigenvalue weighted by atomic mass is 9.85. The Morgan fingerprint density at radius 2 is 2.00 bits per heavy atom. The van der Waals surface area contributed by atoms with E-state index in [0.717, 1.165) is 16.8 Å². The lowest BCUT2D eigenvalue weighted by Crippen LogP contribution is -2.25. The van der Waals surface area contributed by atoms with Crippen molar-refractivity contribution in [3.63, 3.8) is 0 Å². The van der Waals surface area contributed by atoms with E-state index in [4.69, 9.17) is 9.47 Å². The first-order valence-electron chi connectivity index (χ1n) is 9.37. The zero-order valence-electron chi connectivity index (χ0n) is 16.7. The molecule has 3 aromatic heterocycles. The number of ether oxygens (including phenoxy) is 2. The minimum absolute atomic E-state index is 0.100. The van der Waals surface area contributed by atoms with Gasteiger partial charge in [0.25, 0.3) is 0 Å². The number of aryl methyl sites for hydroxylation is 1. The number of amides is 1. The zero-order valence-corrected chi connectivity index (χ0v) is 16.7. The Hall–Kier alpha value is -3.95. The first-order valence-corrected chi connectivity index (χ1v) is 9.37. The van der Waals surface area contributed by atoms with Crippen molar-refractivity contribution in [1.29, 1.82) is 0 Å². The molecule has 1 aromatic carbocycles. The molecule has 1 aliphatic rings. The van der Waals surface area contributed by atoms with E-state index >= 15 is 0 Å². The molecule has 4 aromatic rings. The third kappa shape index (κ3) is 2.76. The Morgan fingerprint density at radius 1 is 1.13 bits per heavy atom. The van der Waals surface area contributed by atoms with Gasteiger partial charge in [-0.1, -0.05) is 6.07 Å². The Morgan fingerprint density at radius 3 is 2.80 bits per heavy atom. The predicted molar refractivity (Wildman–Crippen MR) is 107 cm³/mol. The maximum atomic E-state index is 12.6. The number of carbonyl (C=O) groups excluding carboxylic acids is 1. The molecule has 0 saturated heterocycles. The average molecular weight is 405 g/mol. The fraction of sp³-hybridized carbons (Fsp3) is 0.250. The topological polar surface area (TPSA) is 108 Å². The molecule has 152 valence electrons. The normalized spacial score (nSPS) is 15.7. The number of nitrogens with one attached hydrogen (secondary N) is 1. The number of carbonyl (C=O) groups is 1. The number of anilines is 1. The highest BCUT2D eigenvalue weighted by Gasteiger charge is 2.34. The summed E-state index contributed by atoms with van der Waals surface area (Å²) in [5.74, 6) is 2.20. The average Bonchev–Trinajstić information content (AvgIpc) is 3.36. The molecule has 1 atom stereocenters. The van der Waals surface area contributed by atoms with Crippen molar-refractivity contribution in [1.82, 2.24) is 29.6 Å². The third-order valence-corrected chi connectivity index (χ3v) is 5.28. The molecular formula is C20H19N7O3. The van der Waals surface area contributed by atoms with Crippen LogP contribution in [0.1, 0.15) is 29.2 Å². The molecule has 0 bridgehead atoms. The summed E-state index contributed by atoms with van der Waals surface area (Å²) in [7, 11) is 3.21. The monoisotopic (exact) mass is 405 g/mol. The predicted octanol–water partition coefficient (Wildman–Crippen LogP) is 2.11. The highest BCUT2D eigenvalue weighted by molar-refractivity contribution is 5.95. The van der Waals surface area contributed by atoms with Gasteiger partial charge in [-0.3, -0.25) is 4.79 Å².